The average Bonchev–Trinajstić information content (AvgIpc) is 2.95. The normalized spacial score (nSPS) is 10.5. The van der Waals surface area contributed by atoms with E-state index in [-0.39, 0.29) is 5.91 Å². The number of carbonyl (C=O) groups is 1. The van der Waals surface area contributed by atoms with Crippen LogP contribution in [0.25, 0.3) is 5.69 Å². The number of aromatic amines is 1. The molecule has 0 spiro atoms. The summed E-state index contributed by atoms with van der Waals surface area (Å²) in [4.78, 5) is 11.8. The molecule has 2 N–H and O–H groups in total. The molecule has 0 fully saturated rings. The van der Waals surface area contributed by atoms with E-state index < -0.39 is 0 Å². The van der Waals surface area contributed by atoms with Gasteiger partial charge in [0.1, 0.15) is 5.82 Å². The minimum absolute atomic E-state index is 0.103. The smallest absolute Gasteiger partial charge is 0.251 e. The first-order valence-corrected chi connectivity index (χ1v) is 7.62. The van der Waals surface area contributed by atoms with Gasteiger partial charge >= 0.3 is 0 Å². The maximum absolute atomic E-state index is 11.8. The largest absolute Gasteiger partial charge is 0.355 e. The maximum Gasteiger partial charge on any atom is 0.251 e. The molecule has 6 heteroatoms. The van der Waals surface area contributed by atoms with Gasteiger partial charge in [-0.05, 0) is 42.0 Å². The summed E-state index contributed by atoms with van der Waals surface area (Å²) < 4.78 is 2.45. The molecule has 0 aliphatic carbocycles. The van der Waals surface area contributed by atoms with Crippen molar-refractivity contribution in [3.63, 3.8) is 0 Å². The summed E-state index contributed by atoms with van der Waals surface area (Å²) >= 11 is 5.34. The molecule has 0 saturated carbocycles. The average molecular weight is 324 g/mol. The zero-order valence-corrected chi connectivity index (χ0v) is 13.4. The lowest BCUT2D eigenvalue weighted by molar-refractivity contribution is 0.0963. The zero-order chi connectivity index (χ0) is 16.2. The number of nitrogens with one attached hydrogen (secondary N) is 2. The van der Waals surface area contributed by atoms with Gasteiger partial charge in [-0.25, -0.2) is 0 Å². The van der Waals surface area contributed by atoms with E-state index in [1.54, 1.807) is 13.1 Å². The van der Waals surface area contributed by atoms with Gasteiger partial charge in [0.15, 0.2) is 4.77 Å². The molecule has 0 radical (unpaired) electrons. The molecular formula is C17H16N4OS. The third-order valence-electron chi connectivity index (χ3n) is 3.53. The quantitative estimate of drug-likeness (QED) is 0.725. The SMILES string of the molecule is CNC(=O)c1cccc(Cc2n[nH]c(=S)n2-c2ccccc2)c1. The van der Waals surface area contributed by atoms with Gasteiger partial charge in [0.2, 0.25) is 0 Å². The Labute approximate surface area is 139 Å². The molecule has 5 nitrogen and oxygen atoms in total. The standard InChI is InChI=1S/C17H16N4OS/c1-18-16(22)13-7-5-6-12(10-13)11-15-19-20-17(23)21(15)14-8-3-2-4-9-14/h2-10H,11H2,1H3,(H,18,22)(H,20,23). The predicted octanol–water partition coefficient (Wildman–Crippen LogP) is 2.88. The summed E-state index contributed by atoms with van der Waals surface area (Å²) in [7, 11) is 1.62. The predicted molar refractivity (Wildman–Crippen MR) is 91.4 cm³/mol. The number of hydrogen-bond acceptors (Lipinski definition) is 3. The summed E-state index contributed by atoms with van der Waals surface area (Å²) in [6.07, 6.45) is 0.576. The molecule has 2 aromatic carbocycles. The number of H-pyrrole nitrogens is 1. The van der Waals surface area contributed by atoms with Crippen LogP contribution in [0.2, 0.25) is 0 Å². The summed E-state index contributed by atoms with van der Waals surface area (Å²) in [6, 6.07) is 17.3. The number of benzene rings is 2. The van der Waals surface area contributed by atoms with Crippen LogP contribution in [0.4, 0.5) is 0 Å². The number of carbonyl (C=O) groups excluding carboxylic acids is 1. The Bertz CT molecular complexity index is 883. The van der Waals surface area contributed by atoms with E-state index >= 15 is 0 Å². The first-order valence-electron chi connectivity index (χ1n) is 7.22. The van der Waals surface area contributed by atoms with Gasteiger partial charge in [0.25, 0.3) is 5.91 Å². The van der Waals surface area contributed by atoms with Crippen LogP contribution in [0.3, 0.4) is 0 Å². The number of para-hydroxylation sites is 1. The highest BCUT2D eigenvalue weighted by atomic mass is 32.1. The molecule has 0 bridgehead atoms. The second kappa shape index (κ2) is 6.58. The second-order valence-electron chi connectivity index (χ2n) is 5.07. The van der Waals surface area contributed by atoms with Crippen LogP contribution in [-0.4, -0.2) is 27.7 Å². The highest BCUT2D eigenvalue weighted by Crippen LogP contribution is 2.15. The number of hydrogen-bond donors (Lipinski definition) is 2. The molecule has 116 valence electrons. The van der Waals surface area contributed by atoms with Crippen molar-refractivity contribution in [1.82, 2.24) is 20.1 Å². The molecule has 3 rings (SSSR count). The van der Waals surface area contributed by atoms with Gasteiger partial charge in [-0.2, -0.15) is 5.10 Å². The maximum atomic E-state index is 11.8. The van der Waals surface area contributed by atoms with E-state index in [4.69, 9.17) is 12.2 Å². The van der Waals surface area contributed by atoms with E-state index in [9.17, 15) is 4.79 Å². The second-order valence-corrected chi connectivity index (χ2v) is 5.46. The molecule has 0 atom stereocenters. The third kappa shape index (κ3) is 3.22. The first-order chi connectivity index (χ1) is 11.2. The molecular weight excluding hydrogens is 308 g/mol. The Morgan fingerprint density at radius 3 is 2.74 bits per heavy atom. The van der Waals surface area contributed by atoms with E-state index in [0.717, 1.165) is 17.1 Å². The van der Waals surface area contributed by atoms with Crippen molar-refractivity contribution in [1.29, 1.82) is 0 Å². The topological polar surface area (TPSA) is 62.7 Å². The molecule has 1 aromatic heterocycles. The van der Waals surface area contributed by atoms with Crippen LogP contribution < -0.4 is 5.32 Å². The van der Waals surface area contributed by atoms with Gasteiger partial charge in [-0.1, -0.05) is 30.3 Å². The van der Waals surface area contributed by atoms with Gasteiger partial charge < -0.3 is 5.32 Å². The van der Waals surface area contributed by atoms with Crippen molar-refractivity contribution in [3.8, 4) is 5.69 Å². The van der Waals surface area contributed by atoms with E-state index in [1.165, 1.54) is 0 Å². The summed E-state index contributed by atoms with van der Waals surface area (Å²) in [5.74, 6) is 0.698. The van der Waals surface area contributed by atoms with Crippen molar-refractivity contribution in [3.05, 3.63) is 76.3 Å². The van der Waals surface area contributed by atoms with Crippen molar-refractivity contribution in [2.45, 2.75) is 6.42 Å². The lowest BCUT2D eigenvalue weighted by atomic mass is 10.1. The number of aromatic nitrogens is 3. The van der Waals surface area contributed by atoms with Crippen LogP contribution in [0.15, 0.2) is 54.6 Å². The molecule has 1 amide bonds. The van der Waals surface area contributed by atoms with Crippen LogP contribution in [-0.2, 0) is 6.42 Å². The van der Waals surface area contributed by atoms with Crippen LogP contribution in [0.1, 0.15) is 21.7 Å². The summed E-state index contributed by atoms with van der Waals surface area (Å²) in [5, 5.41) is 9.80. The Balaban J connectivity index is 1.96. The number of rotatable bonds is 4. The van der Waals surface area contributed by atoms with Gasteiger partial charge in [-0.15, -0.1) is 0 Å². The molecule has 3 aromatic rings. The fourth-order valence-electron chi connectivity index (χ4n) is 2.44. The molecule has 0 unspecified atom stereocenters. The highest BCUT2D eigenvalue weighted by Gasteiger charge is 2.10. The molecule has 1 heterocycles. The van der Waals surface area contributed by atoms with Gasteiger partial charge in [-0.3, -0.25) is 14.5 Å². The van der Waals surface area contributed by atoms with Crippen molar-refractivity contribution in [2.75, 3.05) is 7.05 Å². The fraction of sp³-hybridized carbons (Fsp3) is 0.118. The van der Waals surface area contributed by atoms with E-state index in [2.05, 4.69) is 15.5 Å². The Kier molecular flexibility index (Phi) is 4.34. The minimum Gasteiger partial charge on any atom is -0.355 e. The van der Waals surface area contributed by atoms with Crippen LogP contribution >= 0.6 is 12.2 Å². The lowest BCUT2D eigenvalue weighted by Gasteiger charge is -2.08. The molecule has 23 heavy (non-hydrogen) atoms. The zero-order valence-electron chi connectivity index (χ0n) is 12.6. The number of amides is 1. The molecule has 0 aliphatic rings. The van der Waals surface area contributed by atoms with Crippen molar-refractivity contribution < 1.29 is 4.79 Å². The van der Waals surface area contributed by atoms with Crippen molar-refractivity contribution >= 4 is 18.1 Å². The monoisotopic (exact) mass is 324 g/mol. The van der Waals surface area contributed by atoms with E-state index in [1.807, 2.05) is 53.1 Å². The first kappa shape index (κ1) is 15.2. The third-order valence-corrected chi connectivity index (χ3v) is 3.81. The summed E-state index contributed by atoms with van der Waals surface area (Å²) in [6.45, 7) is 0. The van der Waals surface area contributed by atoms with Gasteiger partial charge in [0.05, 0.1) is 0 Å². The molecule has 0 saturated heterocycles. The fourth-order valence-corrected chi connectivity index (χ4v) is 2.70. The van der Waals surface area contributed by atoms with Crippen molar-refractivity contribution in [2.24, 2.45) is 0 Å². The van der Waals surface area contributed by atoms with Crippen LogP contribution in [0.5, 0.6) is 0 Å². The summed E-state index contributed by atoms with van der Waals surface area (Å²) in [5.41, 5.74) is 2.59. The highest BCUT2D eigenvalue weighted by molar-refractivity contribution is 7.71. The Morgan fingerprint density at radius 2 is 2.00 bits per heavy atom. The molecule has 0 aliphatic heterocycles. The lowest BCUT2D eigenvalue weighted by Crippen LogP contribution is -2.17. The van der Waals surface area contributed by atoms with Gasteiger partial charge in [0, 0.05) is 24.7 Å². The Hall–Kier alpha value is -2.73. The van der Waals surface area contributed by atoms with Crippen LogP contribution in [0, 0.1) is 4.77 Å². The Morgan fingerprint density at radius 1 is 1.22 bits per heavy atom. The number of nitrogens with zero attached hydrogens (tertiary/aromatic N) is 2. The van der Waals surface area contributed by atoms with E-state index in [0.29, 0.717) is 16.8 Å². The minimum atomic E-state index is -0.103.